The average Bonchev–Trinajstić information content (AvgIpc) is 3.16. The highest BCUT2D eigenvalue weighted by atomic mass is 16.5. The van der Waals surface area contributed by atoms with Crippen molar-refractivity contribution in [3.05, 3.63) is 42.0 Å². The van der Waals surface area contributed by atoms with Crippen molar-refractivity contribution in [2.75, 3.05) is 20.2 Å². The van der Waals surface area contributed by atoms with Gasteiger partial charge in [0, 0.05) is 42.7 Å². The van der Waals surface area contributed by atoms with E-state index in [4.69, 9.17) is 4.74 Å². The number of carbonyl (C=O) groups excluding carboxylic acids is 1. The van der Waals surface area contributed by atoms with Gasteiger partial charge in [-0.2, -0.15) is 5.10 Å². The number of carbonyl (C=O) groups is 1. The van der Waals surface area contributed by atoms with Crippen LogP contribution < -0.4 is 10.1 Å². The number of pyridine rings is 1. The quantitative estimate of drug-likeness (QED) is 0.902. The lowest BCUT2D eigenvalue weighted by Crippen LogP contribution is -2.45. The molecule has 0 unspecified atom stereocenters. The van der Waals surface area contributed by atoms with Crippen LogP contribution in [0.2, 0.25) is 0 Å². The Morgan fingerprint density at radius 1 is 1.46 bits per heavy atom. The molecular formula is C17H23N5O2. The summed E-state index contributed by atoms with van der Waals surface area (Å²) < 4.78 is 5.32. The minimum Gasteiger partial charge on any atom is -0.495 e. The summed E-state index contributed by atoms with van der Waals surface area (Å²) in [6.45, 7) is 3.43. The first-order valence-electron chi connectivity index (χ1n) is 8.21. The van der Waals surface area contributed by atoms with Crippen LogP contribution in [0.1, 0.15) is 43.0 Å². The molecule has 1 aliphatic rings. The second kappa shape index (κ2) is 7.33. The molecule has 24 heavy (non-hydrogen) atoms. The van der Waals surface area contributed by atoms with Gasteiger partial charge in [-0.15, -0.1) is 0 Å². The van der Waals surface area contributed by atoms with Crippen molar-refractivity contribution in [3.8, 4) is 5.75 Å². The lowest BCUT2D eigenvalue weighted by Gasteiger charge is -2.33. The summed E-state index contributed by atoms with van der Waals surface area (Å²) in [5.41, 5.74) is 2.01. The number of aromatic amines is 1. The summed E-state index contributed by atoms with van der Waals surface area (Å²) in [7, 11) is 1.61. The van der Waals surface area contributed by atoms with Gasteiger partial charge in [-0.3, -0.25) is 10.1 Å². The molecule has 0 bridgehead atoms. The Morgan fingerprint density at radius 2 is 2.33 bits per heavy atom. The summed E-state index contributed by atoms with van der Waals surface area (Å²) in [6, 6.07) is 3.65. The standard InChI is InChI=1S/C17H23N5O2/c1-12(14-5-7-18-10-16(14)24-2)20-17(23)22-9-3-4-13(11-22)15-6-8-19-21-15/h5-8,10,12-13H,3-4,9,11H2,1-2H3,(H,19,21)(H,20,23)/t12-,13-/m1/s1. The van der Waals surface area contributed by atoms with Crippen molar-refractivity contribution in [2.45, 2.75) is 31.7 Å². The molecule has 2 aromatic heterocycles. The van der Waals surface area contributed by atoms with Gasteiger partial charge in [0.15, 0.2) is 0 Å². The lowest BCUT2D eigenvalue weighted by atomic mass is 9.95. The molecule has 0 aliphatic carbocycles. The van der Waals surface area contributed by atoms with Crippen molar-refractivity contribution < 1.29 is 9.53 Å². The Balaban J connectivity index is 1.64. The number of urea groups is 1. The van der Waals surface area contributed by atoms with E-state index < -0.39 is 0 Å². The van der Waals surface area contributed by atoms with Crippen molar-refractivity contribution in [1.82, 2.24) is 25.4 Å². The van der Waals surface area contributed by atoms with E-state index >= 15 is 0 Å². The van der Waals surface area contributed by atoms with Crippen molar-refractivity contribution in [3.63, 3.8) is 0 Å². The third-order valence-electron chi connectivity index (χ3n) is 4.51. The summed E-state index contributed by atoms with van der Waals surface area (Å²) in [6.07, 6.45) is 7.18. The van der Waals surface area contributed by atoms with Crippen LogP contribution in [-0.4, -0.2) is 46.3 Å². The zero-order valence-corrected chi connectivity index (χ0v) is 14.0. The lowest BCUT2D eigenvalue weighted by molar-refractivity contribution is 0.176. The van der Waals surface area contributed by atoms with Gasteiger partial charge in [0.25, 0.3) is 0 Å². The van der Waals surface area contributed by atoms with Gasteiger partial charge < -0.3 is 15.0 Å². The highest BCUT2D eigenvalue weighted by Crippen LogP contribution is 2.27. The third kappa shape index (κ3) is 3.50. The molecule has 7 nitrogen and oxygen atoms in total. The fourth-order valence-corrected chi connectivity index (χ4v) is 3.18. The van der Waals surface area contributed by atoms with Crippen LogP contribution in [-0.2, 0) is 0 Å². The highest BCUT2D eigenvalue weighted by Gasteiger charge is 2.26. The number of hydrogen-bond acceptors (Lipinski definition) is 4. The maximum absolute atomic E-state index is 12.6. The number of likely N-dealkylation sites (tertiary alicyclic amines) is 1. The summed E-state index contributed by atoms with van der Waals surface area (Å²) in [5.74, 6) is 0.997. The number of hydrogen-bond donors (Lipinski definition) is 2. The molecule has 1 saturated heterocycles. The molecule has 2 aromatic rings. The average molecular weight is 329 g/mol. The molecule has 3 heterocycles. The van der Waals surface area contributed by atoms with Crippen LogP contribution in [0, 0.1) is 0 Å². The maximum atomic E-state index is 12.6. The Labute approximate surface area is 141 Å². The Morgan fingerprint density at radius 3 is 3.08 bits per heavy atom. The number of nitrogens with one attached hydrogen (secondary N) is 2. The van der Waals surface area contributed by atoms with E-state index in [1.807, 2.05) is 24.0 Å². The Bertz CT molecular complexity index is 673. The predicted octanol–water partition coefficient (Wildman–Crippen LogP) is 2.46. The molecule has 128 valence electrons. The van der Waals surface area contributed by atoms with Gasteiger partial charge in [0.05, 0.1) is 19.3 Å². The number of aromatic nitrogens is 3. The highest BCUT2D eigenvalue weighted by molar-refractivity contribution is 5.75. The van der Waals surface area contributed by atoms with E-state index in [-0.39, 0.29) is 12.1 Å². The number of H-pyrrole nitrogens is 1. The van der Waals surface area contributed by atoms with Crippen LogP contribution in [0.15, 0.2) is 30.7 Å². The molecule has 0 radical (unpaired) electrons. The molecule has 2 N–H and O–H groups in total. The second-order valence-electron chi connectivity index (χ2n) is 6.09. The van der Waals surface area contributed by atoms with Gasteiger partial charge in [-0.25, -0.2) is 4.79 Å². The first-order valence-corrected chi connectivity index (χ1v) is 8.21. The molecule has 1 aliphatic heterocycles. The first kappa shape index (κ1) is 16.3. The topological polar surface area (TPSA) is 83.1 Å². The number of amides is 2. The Kier molecular flexibility index (Phi) is 4.98. The number of rotatable bonds is 4. The summed E-state index contributed by atoms with van der Waals surface area (Å²) in [5, 5.41) is 10.1. The molecule has 0 aromatic carbocycles. The van der Waals surface area contributed by atoms with Crippen LogP contribution >= 0.6 is 0 Å². The zero-order valence-electron chi connectivity index (χ0n) is 14.0. The van der Waals surface area contributed by atoms with E-state index in [0.29, 0.717) is 18.2 Å². The number of piperidine rings is 1. The molecule has 2 atom stereocenters. The summed E-state index contributed by atoms with van der Waals surface area (Å²) >= 11 is 0. The van der Waals surface area contributed by atoms with Crippen LogP contribution in [0.25, 0.3) is 0 Å². The van der Waals surface area contributed by atoms with E-state index in [9.17, 15) is 4.79 Å². The SMILES string of the molecule is COc1cnccc1[C@@H](C)NC(=O)N1CCC[C@@H](c2ccn[nH]2)C1. The Hall–Kier alpha value is -2.57. The van der Waals surface area contributed by atoms with Crippen molar-refractivity contribution in [2.24, 2.45) is 0 Å². The number of ether oxygens (including phenoxy) is 1. The molecule has 0 spiro atoms. The van der Waals surface area contributed by atoms with Gasteiger partial charge in [0.2, 0.25) is 0 Å². The van der Waals surface area contributed by atoms with Crippen LogP contribution in [0.4, 0.5) is 4.79 Å². The number of methoxy groups -OCH3 is 1. The maximum Gasteiger partial charge on any atom is 0.317 e. The fourth-order valence-electron chi connectivity index (χ4n) is 3.18. The van der Waals surface area contributed by atoms with Crippen LogP contribution in [0.5, 0.6) is 5.75 Å². The minimum atomic E-state index is -0.150. The van der Waals surface area contributed by atoms with E-state index in [1.54, 1.807) is 25.7 Å². The largest absolute Gasteiger partial charge is 0.495 e. The molecule has 2 amide bonds. The van der Waals surface area contributed by atoms with Gasteiger partial charge in [0.1, 0.15) is 5.75 Å². The monoisotopic (exact) mass is 329 g/mol. The predicted molar refractivity (Wildman–Crippen MR) is 89.9 cm³/mol. The van der Waals surface area contributed by atoms with E-state index in [1.165, 1.54) is 0 Å². The smallest absolute Gasteiger partial charge is 0.317 e. The van der Waals surface area contributed by atoms with Gasteiger partial charge in [-0.1, -0.05) is 0 Å². The van der Waals surface area contributed by atoms with Gasteiger partial charge >= 0.3 is 6.03 Å². The minimum absolute atomic E-state index is 0.0504. The first-order chi connectivity index (χ1) is 11.7. The van der Waals surface area contributed by atoms with E-state index in [2.05, 4.69) is 20.5 Å². The zero-order chi connectivity index (χ0) is 16.9. The fraction of sp³-hybridized carbons (Fsp3) is 0.471. The summed E-state index contributed by atoms with van der Waals surface area (Å²) in [4.78, 5) is 18.6. The van der Waals surface area contributed by atoms with Gasteiger partial charge in [-0.05, 0) is 31.9 Å². The van der Waals surface area contributed by atoms with Crippen molar-refractivity contribution >= 4 is 6.03 Å². The molecular weight excluding hydrogens is 306 g/mol. The number of nitrogens with zero attached hydrogens (tertiary/aromatic N) is 3. The van der Waals surface area contributed by atoms with Crippen LogP contribution in [0.3, 0.4) is 0 Å². The van der Waals surface area contributed by atoms with Crippen molar-refractivity contribution in [1.29, 1.82) is 0 Å². The molecule has 1 fully saturated rings. The normalized spacial score (nSPS) is 18.9. The third-order valence-corrected chi connectivity index (χ3v) is 4.51. The molecule has 3 rings (SSSR count). The van der Waals surface area contributed by atoms with E-state index in [0.717, 1.165) is 30.6 Å². The molecule has 7 heteroatoms. The second-order valence-corrected chi connectivity index (χ2v) is 6.09. The molecule has 0 saturated carbocycles.